The highest BCUT2D eigenvalue weighted by molar-refractivity contribution is 7.99. The Morgan fingerprint density at radius 2 is 2.19 bits per heavy atom. The summed E-state index contributed by atoms with van der Waals surface area (Å²) in [6, 6.07) is 6.79. The molecule has 0 fully saturated rings. The van der Waals surface area contributed by atoms with Gasteiger partial charge in [-0.1, -0.05) is 0 Å². The van der Waals surface area contributed by atoms with Crippen LogP contribution < -0.4 is 5.56 Å². The summed E-state index contributed by atoms with van der Waals surface area (Å²) in [5, 5.41) is 9.27. The Morgan fingerprint density at radius 1 is 1.31 bits per heavy atom. The number of aromatic amines is 1. The van der Waals surface area contributed by atoms with E-state index in [2.05, 4.69) is 15.0 Å². The van der Waals surface area contributed by atoms with Crippen molar-refractivity contribution < 1.29 is 0 Å². The molecule has 2 aromatic heterocycles. The molecule has 0 aliphatic rings. The lowest BCUT2D eigenvalue weighted by Crippen LogP contribution is -2.05. The van der Waals surface area contributed by atoms with Gasteiger partial charge in [0.25, 0.3) is 5.56 Å². The fourth-order valence-corrected chi connectivity index (χ4v) is 1.88. The number of nitriles is 1. The molecule has 6 heteroatoms. The predicted molar refractivity (Wildman–Crippen MR) is 57.9 cm³/mol. The van der Waals surface area contributed by atoms with Crippen LogP contribution in [0.15, 0.2) is 45.4 Å². The van der Waals surface area contributed by atoms with Gasteiger partial charge in [0.15, 0.2) is 10.9 Å². The summed E-state index contributed by atoms with van der Waals surface area (Å²) < 4.78 is 0. The third-order valence-corrected chi connectivity index (χ3v) is 2.68. The smallest absolute Gasteiger partial charge is 0.251 e. The summed E-state index contributed by atoms with van der Waals surface area (Å²) >= 11 is 1.20. The average Bonchev–Trinajstić information content (AvgIpc) is 2.30. The third kappa shape index (κ3) is 2.27. The molecule has 0 aliphatic carbocycles. The van der Waals surface area contributed by atoms with E-state index in [0.29, 0.717) is 15.7 Å². The first-order valence-corrected chi connectivity index (χ1v) is 5.19. The first-order chi connectivity index (χ1) is 7.79. The Labute approximate surface area is 95.2 Å². The van der Waals surface area contributed by atoms with Crippen molar-refractivity contribution in [2.75, 3.05) is 0 Å². The Balaban J connectivity index is 2.35. The maximum Gasteiger partial charge on any atom is 0.251 e. The van der Waals surface area contributed by atoms with Gasteiger partial charge in [0.05, 0.1) is 4.90 Å². The number of hydrogen-bond donors (Lipinski definition) is 1. The second-order valence-electron chi connectivity index (χ2n) is 2.80. The van der Waals surface area contributed by atoms with E-state index in [-0.39, 0.29) is 5.56 Å². The molecule has 2 heterocycles. The van der Waals surface area contributed by atoms with Crippen molar-refractivity contribution in [1.29, 1.82) is 5.26 Å². The molecule has 2 rings (SSSR count). The number of pyridine rings is 1. The first-order valence-electron chi connectivity index (χ1n) is 4.38. The predicted octanol–water partition coefficient (Wildman–Crippen LogP) is 1.19. The lowest BCUT2D eigenvalue weighted by Gasteiger charge is -2.00. The van der Waals surface area contributed by atoms with Gasteiger partial charge >= 0.3 is 0 Å². The van der Waals surface area contributed by atoms with Crippen molar-refractivity contribution in [3.63, 3.8) is 0 Å². The number of nitrogens with one attached hydrogen (secondary N) is 1. The molecule has 0 spiro atoms. The SMILES string of the molecule is N#Cc1ncccc1Sc1nccc(=O)[nH]1. The van der Waals surface area contributed by atoms with Crippen LogP contribution in [0, 0.1) is 11.3 Å². The van der Waals surface area contributed by atoms with E-state index in [1.165, 1.54) is 24.0 Å². The molecule has 2 aromatic rings. The molecule has 16 heavy (non-hydrogen) atoms. The maximum atomic E-state index is 11.0. The van der Waals surface area contributed by atoms with Gasteiger partial charge in [-0.05, 0) is 23.9 Å². The number of hydrogen-bond acceptors (Lipinski definition) is 5. The van der Waals surface area contributed by atoms with Crippen molar-refractivity contribution in [2.24, 2.45) is 0 Å². The zero-order chi connectivity index (χ0) is 11.4. The molecule has 0 radical (unpaired) electrons. The van der Waals surface area contributed by atoms with E-state index in [0.717, 1.165) is 0 Å². The molecule has 5 nitrogen and oxygen atoms in total. The average molecular weight is 230 g/mol. The molecule has 0 aliphatic heterocycles. The van der Waals surface area contributed by atoms with Crippen LogP contribution in [0.3, 0.4) is 0 Å². The van der Waals surface area contributed by atoms with Crippen LogP contribution in [-0.2, 0) is 0 Å². The van der Waals surface area contributed by atoms with Crippen LogP contribution in [0.1, 0.15) is 5.69 Å². The second-order valence-corrected chi connectivity index (χ2v) is 3.83. The lowest BCUT2D eigenvalue weighted by atomic mass is 10.4. The largest absolute Gasteiger partial charge is 0.301 e. The fourth-order valence-electron chi connectivity index (χ4n) is 1.06. The van der Waals surface area contributed by atoms with Gasteiger partial charge in [-0.3, -0.25) is 4.79 Å². The minimum Gasteiger partial charge on any atom is -0.301 e. The maximum absolute atomic E-state index is 11.0. The van der Waals surface area contributed by atoms with Crippen LogP contribution in [0.2, 0.25) is 0 Å². The Kier molecular flexibility index (Phi) is 2.98. The highest BCUT2D eigenvalue weighted by Crippen LogP contribution is 2.25. The fraction of sp³-hybridized carbons (Fsp3) is 0. The van der Waals surface area contributed by atoms with Gasteiger partial charge in [0.2, 0.25) is 0 Å². The quantitative estimate of drug-likeness (QED) is 0.783. The summed E-state index contributed by atoms with van der Waals surface area (Å²) in [7, 11) is 0. The monoisotopic (exact) mass is 230 g/mol. The standard InChI is InChI=1S/C10H6N4OS/c11-6-7-8(2-1-4-12-7)16-10-13-5-3-9(15)14-10/h1-5H,(H,13,14,15). The Morgan fingerprint density at radius 3 is 2.94 bits per heavy atom. The molecule has 0 atom stereocenters. The molecule has 0 aromatic carbocycles. The van der Waals surface area contributed by atoms with E-state index < -0.39 is 0 Å². The van der Waals surface area contributed by atoms with Crippen molar-refractivity contribution in [3.05, 3.63) is 46.6 Å². The summed E-state index contributed by atoms with van der Waals surface area (Å²) in [5.41, 5.74) is 0.0962. The lowest BCUT2D eigenvalue weighted by molar-refractivity contribution is 0.935. The number of H-pyrrole nitrogens is 1. The topological polar surface area (TPSA) is 82.4 Å². The van der Waals surface area contributed by atoms with Gasteiger partial charge in [0, 0.05) is 18.5 Å². The first kappa shape index (κ1) is 10.4. The van der Waals surface area contributed by atoms with E-state index in [1.807, 2.05) is 6.07 Å². The molecule has 78 valence electrons. The van der Waals surface area contributed by atoms with Gasteiger partial charge < -0.3 is 4.98 Å². The number of rotatable bonds is 2. The third-order valence-electron chi connectivity index (χ3n) is 1.73. The van der Waals surface area contributed by atoms with E-state index in [4.69, 9.17) is 5.26 Å². The number of aromatic nitrogens is 3. The molecule has 0 saturated heterocycles. The van der Waals surface area contributed by atoms with Crippen molar-refractivity contribution in [2.45, 2.75) is 10.1 Å². The van der Waals surface area contributed by atoms with E-state index >= 15 is 0 Å². The Hall–Kier alpha value is -2.13. The minimum absolute atomic E-state index is 0.222. The van der Waals surface area contributed by atoms with Crippen LogP contribution in [0.5, 0.6) is 0 Å². The van der Waals surface area contributed by atoms with E-state index in [9.17, 15) is 4.79 Å². The molecule has 0 unspecified atom stereocenters. The van der Waals surface area contributed by atoms with Crippen molar-refractivity contribution in [3.8, 4) is 6.07 Å². The number of nitrogens with zero attached hydrogens (tertiary/aromatic N) is 3. The van der Waals surface area contributed by atoms with Crippen LogP contribution in [-0.4, -0.2) is 15.0 Å². The van der Waals surface area contributed by atoms with Gasteiger partial charge in [-0.2, -0.15) is 5.26 Å². The highest BCUT2D eigenvalue weighted by atomic mass is 32.2. The summed E-state index contributed by atoms with van der Waals surface area (Å²) in [6.07, 6.45) is 2.97. The van der Waals surface area contributed by atoms with Crippen LogP contribution in [0.4, 0.5) is 0 Å². The summed E-state index contributed by atoms with van der Waals surface area (Å²) in [4.78, 5) is 22.2. The zero-order valence-corrected chi connectivity index (χ0v) is 8.86. The highest BCUT2D eigenvalue weighted by Gasteiger charge is 2.05. The van der Waals surface area contributed by atoms with Crippen molar-refractivity contribution >= 4 is 11.8 Å². The molecule has 0 saturated carbocycles. The normalized spacial score (nSPS) is 9.69. The van der Waals surface area contributed by atoms with Crippen LogP contribution >= 0.6 is 11.8 Å². The molecular weight excluding hydrogens is 224 g/mol. The van der Waals surface area contributed by atoms with Crippen molar-refractivity contribution in [1.82, 2.24) is 15.0 Å². The van der Waals surface area contributed by atoms with Gasteiger partial charge in [-0.15, -0.1) is 0 Å². The second kappa shape index (κ2) is 4.59. The minimum atomic E-state index is -0.222. The molecule has 0 bridgehead atoms. The molecule has 0 amide bonds. The Bertz CT molecular complexity index is 602. The molecular formula is C10H6N4OS. The van der Waals surface area contributed by atoms with Gasteiger partial charge in [0.1, 0.15) is 6.07 Å². The molecule has 1 N–H and O–H groups in total. The summed E-state index contributed by atoms with van der Waals surface area (Å²) in [6.45, 7) is 0. The zero-order valence-electron chi connectivity index (χ0n) is 8.04. The summed E-state index contributed by atoms with van der Waals surface area (Å²) in [5.74, 6) is 0. The van der Waals surface area contributed by atoms with Crippen LogP contribution in [0.25, 0.3) is 0 Å². The van der Waals surface area contributed by atoms with E-state index in [1.54, 1.807) is 18.3 Å². The van der Waals surface area contributed by atoms with Gasteiger partial charge in [-0.25, -0.2) is 9.97 Å².